The third kappa shape index (κ3) is 4.73. The standard InChI is InChI=1S/C16H16Cl2N2O/c1-11(12-5-3-2-4-6-12)7-8-19-16(21)13-9-14(17)20-15(18)10-13/h2-6,9-11H,7-8H2,1H3,(H,19,21). The predicted molar refractivity (Wildman–Crippen MR) is 86.1 cm³/mol. The van der Waals surface area contributed by atoms with E-state index in [2.05, 4.69) is 29.4 Å². The maximum absolute atomic E-state index is 12.0. The van der Waals surface area contributed by atoms with Gasteiger partial charge in [-0.25, -0.2) is 4.98 Å². The highest BCUT2D eigenvalue weighted by Gasteiger charge is 2.10. The van der Waals surface area contributed by atoms with Gasteiger partial charge in [0.05, 0.1) is 0 Å². The van der Waals surface area contributed by atoms with Crippen LogP contribution in [0.25, 0.3) is 0 Å². The van der Waals surface area contributed by atoms with E-state index in [-0.39, 0.29) is 16.2 Å². The van der Waals surface area contributed by atoms with Gasteiger partial charge in [0.2, 0.25) is 0 Å². The number of rotatable bonds is 5. The molecule has 0 aliphatic carbocycles. The quantitative estimate of drug-likeness (QED) is 0.833. The molecule has 0 aliphatic rings. The van der Waals surface area contributed by atoms with Gasteiger partial charge in [-0.2, -0.15) is 0 Å². The van der Waals surface area contributed by atoms with E-state index in [1.807, 2.05) is 18.2 Å². The van der Waals surface area contributed by atoms with Crippen LogP contribution in [0.5, 0.6) is 0 Å². The third-order valence-electron chi connectivity index (χ3n) is 3.26. The summed E-state index contributed by atoms with van der Waals surface area (Å²) in [6, 6.07) is 13.2. The van der Waals surface area contributed by atoms with Gasteiger partial charge in [0, 0.05) is 12.1 Å². The van der Waals surface area contributed by atoms with Crippen LogP contribution < -0.4 is 5.32 Å². The van der Waals surface area contributed by atoms with Crippen molar-refractivity contribution >= 4 is 29.1 Å². The lowest BCUT2D eigenvalue weighted by Crippen LogP contribution is -2.25. The van der Waals surface area contributed by atoms with Gasteiger partial charge in [0.25, 0.3) is 5.91 Å². The SMILES string of the molecule is CC(CCNC(=O)c1cc(Cl)nc(Cl)c1)c1ccccc1. The molecular formula is C16H16Cl2N2O. The van der Waals surface area contributed by atoms with E-state index in [9.17, 15) is 4.79 Å². The molecule has 0 saturated carbocycles. The van der Waals surface area contributed by atoms with Crippen LogP contribution in [0.3, 0.4) is 0 Å². The molecule has 0 spiro atoms. The number of pyridine rings is 1. The Morgan fingerprint density at radius 1 is 1.19 bits per heavy atom. The van der Waals surface area contributed by atoms with E-state index in [1.165, 1.54) is 17.7 Å². The average Bonchev–Trinajstić information content (AvgIpc) is 2.47. The number of carbonyl (C=O) groups is 1. The minimum atomic E-state index is -0.193. The lowest BCUT2D eigenvalue weighted by atomic mass is 9.98. The molecule has 21 heavy (non-hydrogen) atoms. The van der Waals surface area contributed by atoms with Crippen molar-refractivity contribution < 1.29 is 4.79 Å². The molecule has 1 amide bonds. The predicted octanol–water partition coefficient (Wildman–Crippen LogP) is 4.31. The number of benzene rings is 1. The molecule has 1 aromatic carbocycles. The summed E-state index contributed by atoms with van der Waals surface area (Å²) >= 11 is 11.6. The van der Waals surface area contributed by atoms with Gasteiger partial charge in [0.1, 0.15) is 10.3 Å². The van der Waals surface area contributed by atoms with Crippen LogP contribution in [-0.2, 0) is 0 Å². The summed E-state index contributed by atoms with van der Waals surface area (Å²) in [7, 11) is 0. The number of hydrogen-bond donors (Lipinski definition) is 1. The molecule has 110 valence electrons. The lowest BCUT2D eigenvalue weighted by molar-refractivity contribution is 0.0952. The highest BCUT2D eigenvalue weighted by atomic mass is 35.5. The van der Waals surface area contributed by atoms with E-state index in [1.54, 1.807) is 0 Å². The molecule has 3 nitrogen and oxygen atoms in total. The van der Waals surface area contributed by atoms with Crippen LogP contribution >= 0.6 is 23.2 Å². The Hall–Kier alpha value is -1.58. The van der Waals surface area contributed by atoms with Gasteiger partial charge < -0.3 is 5.32 Å². The highest BCUT2D eigenvalue weighted by molar-refractivity contribution is 6.33. The Bertz CT molecular complexity index is 597. The van der Waals surface area contributed by atoms with Crippen LogP contribution in [0, 0.1) is 0 Å². The van der Waals surface area contributed by atoms with Crippen LogP contribution in [0.2, 0.25) is 10.3 Å². The molecule has 1 atom stereocenters. The smallest absolute Gasteiger partial charge is 0.251 e. The van der Waals surface area contributed by atoms with E-state index < -0.39 is 0 Å². The van der Waals surface area contributed by atoms with E-state index >= 15 is 0 Å². The normalized spacial score (nSPS) is 12.0. The van der Waals surface area contributed by atoms with Crippen molar-refractivity contribution in [1.29, 1.82) is 0 Å². The number of nitrogens with zero attached hydrogens (tertiary/aromatic N) is 1. The maximum atomic E-state index is 12.0. The van der Waals surface area contributed by atoms with E-state index in [0.29, 0.717) is 18.0 Å². The Kier molecular flexibility index (Phi) is 5.59. The summed E-state index contributed by atoms with van der Waals surface area (Å²) in [6.07, 6.45) is 0.863. The minimum Gasteiger partial charge on any atom is -0.352 e. The molecule has 0 radical (unpaired) electrons. The molecular weight excluding hydrogens is 307 g/mol. The minimum absolute atomic E-state index is 0.193. The highest BCUT2D eigenvalue weighted by Crippen LogP contribution is 2.18. The summed E-state index contributed by atoms with van der Waals surface area (Å²) in [6.45, 7) is 2.73. The topological polar surface area (TPSA) is 42.0 Å². The Morgan fingerprint density at radius 3 is 2.43 bits per heavy atom. The zero-order valence-electron chi connectivity index (χ0n) is 11.6. The van der Waals surface area contributed by atoms with Crippen molar-refractivity contribution in [2.24, 2.45) is 0 Å². The fourth-order valence-corrected chi connectivity index (χ4v) is 2.51. The van der Waals surface area contributed by atoms with Gasteiger partial charge in [-0.1, -0.05) is 60.5 Å². The van der Waals surface area contributed by atoms with Gasteiger partial charge in [-0.05, 0) is 30.0 Å². The second-order valence-corrected chi connectivity index (χ2v) is 5.63. The van der Waals surface area contributed by atoms with E-state index in [0.717, 1.165) is 6.42 Å². The molecule has 0 fully saturated rings. The maximum Gasteiger partial charge on any atom is 0.251 e. The summed E-state index contributed by atoms with van der Waals surface area (Å²) in [4.78, 5) is 15.8. The van der Waals surface area contributed by atoms with Crippen molar-refractivity contribution in [2.75, 3.05) is 6.54 Å². The first-order valence-electron chi connectivity index (χ1n) is 6.72. The average molecular weight is 323 g/mol. The monoisotopic (exact) mass is 322 g/mol. The summed E-state index contributed by atoms with van der Waals surface area (Å²) < 4.78 is 0. The molecule has 1 aromatic heterocycles. The Labute approximate surface area is 134 Å². The van der Waals surface area contributed by atoms with Crippen molar-refractivity contribution in [2.45, 2.75) is 19.3 Å². The molecule has 1 N–H and O–H groups in total. The molecule has 2 rings (SSSR count). The fraction of sp³-hybridized carbons (Fsp3) is 0.250. The Balaban J connectivity index is 1.87. The summed E-state index contributed by atoms with van der Waals surface area (Å²) in [5.74, 6) is 0.192. The van der Waals surface area contributed by atoms with Crippen LogP contribution in [-0.4, -0.2) is 17.4 Å². The summed E-state index contributed by atoms with van der Waals surface area (Å²) in [5, 5.41) is 3.30. The number of carbonyl (C=O) groups excluding carboxylic acids is 1. The van der Waals surface area contributed by atoms with Crippen LogP contribution in [0.1, 0.15) is 35.2 Å². The number of amides is 1. The fourth-order valence-electron chi connectivity index (χ4n) is 2.05. The largest absolute Gasteiger partial charge is 0.352 e. The molecule has 1 unspecified atom stereocenters. The second kappa shape index (κ2) is 7.43. The zero-order valence-corrected chi connectivity index (χ0v) is 13.2. The molecule has 0 bridgehead atoms. The molecule has 2 aromatic rings. The second-order valence-electron chi connectivity index (χ2n) is 4.86. The van der Waals surface area contributed by atoms with Crippen molar-refractivity contribution in [3.05, 3.63) is 63.9 Å². The van der Waals surface area contributed by atoms with Gasteiger partial charge in [-0.15, -0.1) is 0 Å². The number of halogens is 2. The van der Waals surface area contributed by atoms with Gasteiger partial charge in [0.15, 0.2) is 0 Å². The molecule has 5 heteroatoms. The Morgan fingerprint density at radius 2 is 1.81 bits per heavy atom. The zero-order chi connectivity index (χ0) is 15.2. The van der Waals surface area contributed by atoms with Gasteiger partial charge in [-0.3, -0.25) is 4.79 Å². The number of aromatic nitrogens is 1. The number of nitrogens with one attached hydrogen (secondary N) is 1. The summed E-state index contributed by atoms with van der Waals surface area (Å²) in [5.41, 5.74) is 1.69. The lowest BCUT2D eigenvalue weighted by Gasteiger charge is -2.12. The van der Waals surface area contributed by atoms with Crippen molar-refractivity contribution in [3.63, 3.8) is 0 Å². The first-order chi connectivity index (χ1) is 10.1. The van der Waals surface area contributed by atoms with E-state index in [4.69, 9.17) is 23.2 Å². The number of hydrogen-bond acceptors (Lipinski definition) is 2. The third-order valence-corrected chi connectivity index (χ3v) is 3.64. The van der Waals surface area contributed by atoms with Gasteiger partial charge >= 0.3 is 0 Å². The first-order valence-corrected chi connectivity index (χ1v) is 7.48. The van der Waals surface area contributed by atoms with Crippen molar-refractivity contribution in [1.82, 2.24) is 10.3 Å². The first kappa shape index (κ1) is 15.8. The molecule has 1 heterocycles. The van der Waals surface area contributed by atoms with Crippen LogP contribution in [0.4, 0.5) is 0 Å². The van der Waals surface area contributed by atoms with Crippen molar-refractivity contribution in [3.8, 4) is 0 Å². The molecule has 0 aliphatic heterocycles. The molecule has 0 saturated heterocycles. The van der Waals surface area contributed by atoms with Crippen LogP contribution in [0.15, 0.2) is 42.5 Å².